The van der Waals surface area contributed by atoms with Gasteiger partial charge in [0.15, 0.2) is 11.5 Å². The zero-order chi connectivity index (χ0) is 15.1. The number of pyridine rings is 1. The molecule has 0 unspecified atom stereocenters. The molecule has 0 saturated heterocycles. The molecule has 0 saturated carbocycles. The number of amides is 1. The lowest BCUT2D eigenvalue weighted by molar-refractivity contribution is 0.102. The maximum Gasteiger partial charge on any atom is 0.261 e. The molecule has 0 bridgehead atoms. The molecule has 1 amide bonds. The van der Waals surface area contributed by atoms with Gasteiger partial charge in [-0.2, -0.15) is 0 Å². The lowest BCUT2D eigenvalue weighted by atomic mass is 10.1. The molecule has 3 aromatic heterocycles. The van der Waals surface area contributed by atoms with Crippen molar-refractivity contribution in [3.63, 3.8) is 0 Å². The van der Waals surface area contributed by atoms with Crippen molar-refractivity contribution in [3.05, 3.63) is 47.4 Å². The van der Waals surface area contributed by atoms with Crippen molar-refractivity contribution in [2.75, 3.05) is 5.32 Å². The molecule has 0 spiro atoms. The van der Waals surface area contributed by atoms with Crippen molar-refractivity contribution < 1.29 is 9.18 Å². The Morgan fingerprint density at radius 2 is 2.09 bits per heavy atom. The van der Waals surface area contributed by atoms with Gasteiger partial charge in [0.1, 0.15) is 6.33 Å². The van der Waals surface area contributed by atoms with Crippen LogP contribution in [0.4, 0.5) is 10.3 Å². The molecule has 110 valence electrons. The highest BCUT2D eigenvalue weighted by molar-refractivity contribution is 6.07. The average Bonchev–Trinajstić information content (AvgIpc) is 3.16. The third-order valence-corrected chi connectivity index (χ3v) is 3.72. The molecule has 1 aliphatic rings. The van der Waals surface area contributed by atoms with Gasteiger partial charge in [-0.25, -0.2) is 14.4 Å². The van der Waals surface area contributed by atoms with Crippen LogP contribution in [0.25, 0.3) is 5.65 Å². The van der Waals surface area contributed by atoms with Crippen LogP contribution in [0.3, 0.4) is 0 Å². The lowest BCUT2D eigenvalue weighted by Gasteiger charge is -2.08. The molecule has 3 heterocycles. The third-order valence-electron chi connectivity index (χ3n) is 3.72. The number of halogens is 1. The highest BCUT2D eigenvalue weighted by Gasteiger charge is 2.21. The Balaban J connectivity index is 1.74. The van der Waals surface area contributed by atoms with Crippen LogP contribution >= 0.6 is 0 Å². The van der Waals surface area contributed by atoms with E-state index in [1.54, 1.807) is 6.33 Å². The van der Waals surface area contributed by atoms with Gasteiger partial charge in [0.2, 0.25) is 5.95 Å². The van der Waals surface area contributed by atoms with Crippen LogP contribution in [0.1, 0.15) is 28.0 Å². The highest BCUT2D eigenvalue weighted by Crippen LogP contribution is 2.25. The second-order valence-electron chi connectivity index (χ2n) is 5.09. The van der Waals surface area contributed by atoms with Crippen LogP contribution in [0.5, 0.6) is 0 Å². The predicted octanol–water partition coefficient (Wildman–Crippen LogP) is 1.40. The number of carbonyl (C=O) groups is 1. The summed E-state index contributed by atoms with van der Waals surface area (Å²) in [5.74, 6) is -0.903. The fraction of sp³-hybridized carbons (Fsp3) is 0.214. The van der Waals surface area contributed by atoms with Gasteiger partial charge in [0.25, 0.3) is 5.91 Å². The van der Waals surface area contributed by atoms with E-state index in [9.17, 15) is 9.18 Å². The van der Waals surface area contributed by atoms with Crippen molar-refractivity contribution in [2.24, 2.45) is 0 Å². The molecule has 8 heteroatoms. The van der Waals surface area contributed by atoms with Crippen LogP contribution in [-0.4, -0.2) is 30.5 Å². The molecule has 1 N–H and O–H groups in total. The largest absolute Gasteiger partial charge is 0.290 e. The number of aryl methyl sites for hydroxylation is 2. The summed E-state index contributed by atoms with van der Waals surface area (Å²) < 4.78 is 14.7. The summed E-state index contributed by atoms with van der Waals surface area (Å²) in [5, 5.41) is 10.5. The smallest absolute Gasteiger partial charge is 0.261 e. The molecule has 0 fully saturated rings. The van der Waals surface area contributed by atoms with Gasteiger partial charge in [-0.3, -0.25) is 14.5 Å². The maximum absolute atomic E-state index is 12.8. The zero-order valence-corrected chi connectivity index (χ0v) is 11.5. The fourth-order valence-corrected chi connectivity index (χ4v) is 2.75. The summed E-state index contributed by atoms with van der Waals surface area (Å²) in [7, 11) is 0. The maximum atomic E-state index is 12.8. The summed E-state index contributed by atoms with van der Waals surface area (Å²) in [6.07, 6.45) is 6.54. The van der Waals surface area contributed by atoms with E-state index in [0.717, 1.165) is 42.9 Å². The van der Waals surface area contributed by atoms with Gasteiger partial charge in [0, 0.05) is 5.69 Å². The van der Waals surface area contributed by atoms with E-state index in [1.807, 2.05) is 10.5 Å². The Morgan fingerprint density at radius 1 is 1.27 bits per heavy atom. The quantitative estimate of drug-likeness (QED) is 0.773. The van der Waals surface area contributed by atoms with Crippen molar-refractivity contribution in [3.8, 4) is 0 Å². The first kappa shape index (κ1) is 12.8. The monoisotopic (exact) mass is 298 g/mol. The van der Waals surface area contributed by atoms with Crippen molar-refractivity contribution in [1.29, 1.82) is 0 Å². The Bertz CT molecular complexity index is 873. The van der Waals surface area contributed by atoms with Crippen molar-refractivity contribution in [1.82, 2.24) is 24.6 Å². The van der Waals surface area contributed by atoms with Gasteiger partial charge >= 0.3 is 0 Å². The number of carbonyl (C=O) groups excluding carboxylic acids is 1. The van der Waals surface area contributed by atoms with Gasteiger partial charge in [-0.05, 0) is 30.9 Å². The summed E-state index contributed by atoms with van der Waals surface area (Å²) >= 11 is 0. The summed E-state index contributed by atoms with van der Waals surface area (Å²) in [5.41, 5.74) is 3.18. The molecule has 0 radical (unpaired) electrons. The molecule has 0 aliphatic heterocycles. The van der Waals surface area contributed by atoms with E-state index in [2.05, 4.69) is 25.5 Å². The number of anilines is 1. The number of hydrogen-bond acceptors (Lipinski definition) is 5. The van der Waals surface area contributed by atoms with E-state index in [-0.39, 0.29) is 11.9 Å². The molecule has 3 aromatic rings. The Hall–Kier alpha value is -2.90. The minimum Gasteiger partial charge on any atom is -0.290 e. The number of aromatic nitrogens is 5. The molecule has 0 aromatic carbocycles. The van der Waals surface area contributed by atoms with E-state index in [0.29, 0.717) is 11.2 Å². The van der Waals surface area contributed by atoms with Crippen LogP contribution in [-0.2, 0) is 12.8 Å². The van der Waals surface area contributed by atoms with E-state index >= 15 is 0 Å². The average molecular weight is 298 g/mol. The summed E-state index contributed by atoms with van der Waals surface area (Å²) in [6, 6.07) is 1.84. The van der Waals surface area contributed by atoms with E-state index in [1.165, 1.54) is 0 Å². The number of hydrogen-bond donors (Lipinski definition) is 1. The van der Waals surface area contributed by atoms with Crippen LogP contribution in [0.2, 0.25) is 0 Å². The molecule has 0 atom stereocenters. The highest BCUT2D eigenvalue weighted by atomic mass is 19.1. The normalized spacial score (nSPS) is 13.3. The standard InChI is InChI=1S/C14H11FN6O/c15-9-5-16-14(17-6-9)19-13(22)10-4-8-2-1-3-11(8)21-7-18-20-12(10)21/h4-7H,1-3H2,(H,16,17,19,22). The Morgan fingerprint density at radius 3 is 2.91 bits per heavy atom. The minimum absolute atomic E-state index is 0.0459. The van der Waals surface area contributed by atoms with Crippen molar-refractivity contribution >= 4 is 17.5 Å². The van der Waals surface area contributed by atoms with Gasteiger partial charge in [-0.1, -0.05) is 0 Å². The summed E-state index contributed by atoms with van der Waals surface area (Å²) in [6.45, 7) is 0. The van der Waals surface area contributed by atoms with Crippen LogP contribution in [0.15, 0.2) is 24.8 Å². The topological polar surface area (TPSA) is 85.1 Å². The number of nitrogens with one attached hydrogen (secondary N) is 1. The van der Waals surface area contributed by atoms with E-state index < -0.39 is 5.82 Å². The molecule has 1 aliphatic carbocycles. The molecule has 4 rings (SSSR count). The fourth-order valence-electron chi connectivity index (χ4n) is 2.75. The second-order valence-corrected chi connectivity index (χ2v) is 5.09. The first-order valence-corrected chi connectivity index (χ1v) is 6.86. The van der Waals surface area contributed by atoms with Gasteiger partial charge in [0.05, 0.1) is 18.0 Å². The molecular weight excluding hydrogens is 287 g/mol. The number of nitrogens with zero attached hydrogens (tertiary/aromatic N) is 5. The Kier molecular flexibility index (Phi) is 2.81. The third kappa shape index (κ3) is 2.00. The predicted molar refractivity (Wildman–Crippen MR) is 75.0 cm³/mol. The summed E-state index contributed by atoms with van der Waals surface area (Å²) in [4.78, 5) is 19.9. The number of rotatable bonds is 2. The van der Waals surface area contributed by atoms with Crippen LogP contribution in [0, 0.1) is 5.82 Å². The second kappa shape index (κ2) is 4.83. The van der Waals surface area contributed by atoms with Crippen molar-refractivity contribution in [2.45, 2.75) is 19.3 Å². The lowest BCUT2D eigenvalue weighted by Crippen LogP contribution is -2.16. The zero-order valence-electron chi connectivity index (χ0n) is 11.5. The molecular formula is C14H11FN6O. The van der Waals surface area contributed by atoms with Gasteiger partial charge < -0.3 is 0 Å². The van der Waals surface area contributed by atoms with E-state index in [4.69, 9.17) is 0 Å². The first-order chi connectivity index (χ1) is 10.7. The number of fused-ring (bicyclic) bond motifs is 3. The SMILES string of the molecule is O=C(Nc1ncc(F)cn1)c1cc2c(n3cnnc13)CCC2. The molecule has 7 nitrogen and oxygen atoms in total. The first-order valence-electron chi connectivity index (χ1n) is 6.86. The van der Waals surface area contributed by atoms with Crippen LogP contribution < -0.4 is 5.32 Å². The Labute approximate surface area is 124 Å². The molecule has 22 heavy (non-hydrogen) atoms. The minimum atomic E-state index is -0.560. The van der Waals surface area contributed by atoms with Gasteiger partial charge in [-0.15, -0.1) is 10.2 Å².